The second-order valence-electron chi connectivity index (χ2n) is 12.4. The van der Waals surface area contributed by atoms with Crippen LogP contribution in [-0.4, -0.2) is 73.8 Å². The topological polar surface area (TPSA) is 166 Å². The van der Waals surface area contributed by atoms with Gasteiger partial charge in [-0.25, -0.2) is 31.0 Å². The molecule has 0 aromatic heterocycles. The number of hydrogen-bond acceptors (Lipinski definition) is 10. The maximum Gasteiger partial charge on any atom is 0.480 e. The van der Waals surface area contributed by atoms with Crippen LogP contribution in [0, 0.1) is 0 Å². The fourth-order valence-electron chi connectivity index (χ4n) is 5.94. The number of likely N-dealkylation sites (N-methyl/N-ethyl adjacent to an activating group) is 1. The van der Waals surface area contributed by atoms with Gasteiger partial charge < -0.3 is 28.2 Å². The molecule has 0 saturated carbocycles. The molecule has 0 bridgehead atoms. The first-order valence-electron chi connectivity index (χ1n) is 17.5. The van der Waals surface area contributed by atoms with E-state index < -0.39 is 42.5 Å². The Kier molecular flexibility index (Phi) is 13.1. The van der Waals surface area contributed by atoms with Crippen LogP contribution in [-0.2, 0) is 34.3 Å². The van der Waals surface area contributed by atoms with Gasteiger partial charge in [-0.2, -0.15) is 13.2 Å². The highest BCUT2D eigenvalue weighted by atomic mass is 32.3. The molecule has 1 amide bonds. The molecule has 0 saturated heterocycles. The third-order valence-electron chi connectivity index (χ3n) is 8.60. The van der Waals surface area contributed by atoms with Gasteiger partial charge in [-0.15, -0.1) is 0 Å². The van der Waals surface area contributed by atoms with E-state index in [0.717, 1.165) is 11.8 Å². The molecule has 302 valence electrons. The van der Waals surface area contributed by atoms with Crippen LogP contribution in [0.25, 0.3) is 37.5 Å². The quantitative estimate of drug-likeness (QED) is 0.0385. The van der Waals surface area contributed by atoms with E-state index in [1.165, 1.54) is 25.1 Å². The Bertz CT molecular complexity index is 2560. The van der Waals surface area contributed by atoms with Gasteiger partial charge in [-0.05, 0) is 57.2 Å². The van der Waals surface area contributed by atoms with Crippen molar-refractivity contribution in [2.45, 2.75) is 31.2 Å². The summed E-state index contributed by atoms with van der Waals surface area (Å²) in [5.41, 5.74) is -3.35. The Morgan fingerprint density at radius 2 is 1.58 bits per heavy atom. The Labute approximate surface area is 327 Å². The van der Waals surface area contributed by atoms with Crippen LogP contribution >= 0.6 is 0 Å². The molecule has 1 N–H and O–H groups in total. The predicted molar refractivity (Wildman–Crippen MR) is 209 cm³/mol. The van der Waals surface area contributed by atoms with E-state index in [9.17, 15) is 39.6 Å². The number of anilines is 2. The summed E-state index contributed by atoms with van der Waals surface area (Å²) in [7, 11) is -11.9. The third-order valence-corrected chi connectivity index (χ3v) is 11.7. The van der Waals surface area contributed by atoms with Gasteiger partial charge in [0.05, 0.1) is 17.5 Å². The van der Waals surface area contributed by atoms with Crippen molar-refractivity contribution in [3.8, 4) is 22.5 Å². The smallest absolute Gasteiger partial charge is 0.460 e. The lowest BCUT2D eigenvalue weighted by Crippen LogP contribution is -2.35. The summed E-state index contributed by atoms with van der Waals surface area (Å²) in [6.07, 6.45) is -0.724. The number of fused-ring (bicyclic) bond motifs is 2. The molecule has 3 aromatic rings. The van der Waals surface area contributed by atoms with E-state index in [2.05, 4.69) is 16.0 Å². The van der Waals surface area contributed by atoms with Crippen molar-refractivity contribution in [3.63, 3.8) is 0 Å². The number of nitrogens with zero attached hydrogens (tertiary/aromatic N) is 3. The van der Waals surface area contributed by atoms with Gasteiger partial charge in [-0.1, -0.05) is 43.0 Å². The van der Waals surface area contributed by atoms with Crippen LogP contribution in [0.5, 0.6) is 0 Å². The van der Waals surface area contributed by atoms with Crippen LogP contribution in [0.2, 0.25) is 0 Å². The van der Waals surface area contributed by atoms with E-state index in [-0.39, 0.29) is 54.3 Å². The molecule has 0 radical (unpaired) electrons. The van der Waals surface area contributed by atoms with Crippen molar-refractivity contribution in [2.75, 3.05) is 44.3 Å². The fraction of sp³-hybridized carbons (Fsp3) is 0.256. The number of benzene rings is 4. The van der Waals surface area contributed by atoms with E-state index in [1.54, 1.807) is 36.4 Å². The van der Waals surface area contributed by atoms with Crippen LogP contribution in [0.1, 0.15) is 20.8 Å². The zero-order chi connectivity index (χ0) is 41.5. The molecule has 0 unspecified atom stereocenters. The second kappa shape index (κ2) is 17.6. The first kappa shape index (κ1) is 42.4. The number of para-hydroxylation sites is 1. The number of carbonyl (C=O) groups excluding carboxylic acids is 2. The number of alkyl carbamates (subject to hydrolysis) is 1. The van der Waals surface area contributed by atoms with Crippen molar-refractivity contribution in [1.82, 2.24) is 9.89 Å². The minimum Gasteiger partial charge on any atom is -0.460 e. The number of hydrogen-bond donors (Lipinski definition) is 1. The molecule has 0 fully saturated rings. The van der Waals surface area contributed by atoms with Crippen molar-refractivity contribution in [2.24, 2.45) is 0 Å². The van der Waals surface area contributed by atoms with Crippen LogP contribution in [0.3, 0.4) is 0 Å². The lowest BCUT2D eigenvalue weighted by Gasteiger charge is -2.26. The van der Waals surface area contributed by atoms with Gasteiger partial charge in [0.1, 0.15) is 34.5 Å². The monoisotopic (exact) mass is 828 g/mol. The van der Waals surface area contributed by atoms with Gasteiger partial charge in [0.25, 0.3) is 0 Å². The SMILES string of the molecule is C=C(C)C(=O)OCCNC(=O)OCC[N+](CC)=c1ccc2c(-c3ccccc3S(=O)(=O)[N-]S(=O)(=O)C(F)(F)F)c3ccc(N(CC)c4ccccc4)cc3oc-2c1. The maximum atomic E-state index is 13.4. The zero-order valence-corrected chi connectivity index (χ0v) is 32.7. The first-order chi connectivity index (χ1) is 27.0. The lowest BCUT2D eigenvalue weighted by atomic mass is 9.93. The van der Waals surface area contributed by atoms with Gasteiger partial charge >= 0.3 is 17.6 Å². The summed E-state index contributed by atoms with van der Waals surface area (Å²) >= 11 is 0. The number of esters is 1. The molecular weight excluding hydrogens is 790 g/mol. The molecule has 13 nitrogen and oxygen atoms in total. The number of alkyl halides is 3. The molecule has 0 spiro atoms. The van der Waals surface area contributed by atoms with Crippen molar-refractivity contribution in [1.29, 1.82) is 0 Å². The molecule has 5 rings (SSSR count). The van der Waals surface area contributed by atoms with E-state index >= 15 is 0 Å². The average molecular weight is 829 g/mol. The molecular formula is C39H39F3N4O9S2. The standard InChI is InChI=1S/C39H39F3N4O9S2/c1-5-45(21-23-54-38(48)43-20-22-53-37(47)26(3)4)28-16-18-30-33(24-28)55-34-25-29(46(6-2)27-12-8-7-9-13-27)17-19-31(34)36(30)32-14-10-11-15-35(32)56(49,50)44-57(51,52)39(40,41)42/h7-19,24-25H,3,5-6,20-23H2,1-2,4H3,(H,43,48). The Hall–Kier alpha value is -5.72. The highest BCUT2D eigenvalue weighted by Gasteiger charge is 2.41. The predicted octanol–water partition coefficient (Wildman–Crippen LogP) is 6.91. The molecule has 3 aromatic carbocycles. The Balaban J connectivity index is 1.61. The summed E-state index contributed by atoms with van der Waals surface area (Å²) in [6.45, 7) is 10.00. The van der Waals surface area contributed by atoms with Gasteiger partial charge in [-0.3, -0.25) is 0 Å². The lowest BCUT2D eigenvalue weighted by molar-refractivity contribution is -0.138. The molecule has 1 heterocycles. The van der Waals surface area contributed by atoms with Crippen LogP contribution in [0.4, 0.5) is 29.3 Å². The Morgan fingerprint density at radius 1 is 0.877 bits per heavy atom. The second-order valence-corrected chi connectivity index (χ2v) is 15.8. The molecule has 0 atom stereocenters. The van der Waals surface area contributed by atoms with E-state index in [0.29, 0.717) is 35.1 Å². The average Bonchev–Trinajstić information content (AvgIpc) is 3.16. The summed E-state index contributed by atoms with van der Waals surface area (Å²) in [4.78, 5) is 25.0. The highest BCUT2D eigenvalue weighted by Crippen LogP contribution is 2.45. The van der Waals surface area contributed by atoms with E-state index in [4.69, 9.17) is 13.9 Å². The van der Waals surface area contributed by atoms with Gasteiger partial charge in [0.15, 0.2) is 23.2 Å². The number of ether oxygens (including phenoxy) is 2. The summed E-state index contributed by atoms with van der Waals surface area (Å²) in [6, 6.07) is 24.9. The summed E-state index contributed by atoms with van der Waals surface area (Å²) in [5, 5.41) is 3.49. The minimum absolute atomic E-state index is 0.0254. The number of carbonyl (C=O) groups is 2. The maximum absolute atomic E-state index is 13.4. The van der Waals surface area contributed by atoms with Crippen molar-refractivity contribution >= 4 is 54.5 Å². The van der Waals surface area contributed by atoms with Crippen molar-refractivity contribution < 1.29 is 53.5 Å². The highest BCUT2D eigenvalue weighted by molar-refractivity contribution is 8.12. The summed E-state index contributed by atoms with van der Waals surface area (Å²) < 4.78 is 112. The zero-order valence-electron chi connectivity index (χ0n) is 31.1. The Morgan fingerprint density at radius 3 is 2.25 bits per heavy atom. The third kappa shape index (κ3) is 9.81. The normalized spacial score (nSPS) is 12.6. The fourth-order valence-corrected chi connectivity index (χ4v) is 8.33. The number of halogens is 3. The van der Waals surface area contributed by atoms with Crippen molar-refractivity contribution in [3.05, 3.63) is 113 Å². The number of rotatable bonds is 15. The molecule has 2 aliphatic rings. The molecule has 1 aliphatic carbocycles. The van der Waals surface area contributed by atoms with Gasteiger partial charge in [0, 0.05) is 57.7 Å². The van der Waals surface area contributed by atoms with Crippen LogP contribution in [0.15, 0.2) is 112 Å². The minimum atomic E-state index is -6.42. The largest absolute Gasteiger partial charge is 0.480 e. The molecule has 57 heavy (non-hydrogen) atoms. The number of nitrogens with one attached hydrogen (secondary N) is 1. The van der Waals surface area contributed by atoms with Gasteiger partial charge in [0.2, 0.25) is 5.36 Å². The molecule has 18 heteroatoms. The van der Waals surface area contributed by atoms with Crippen LogP contribution < -0.4 is 20.1 Å². The number of amides is 1. The van der Waals surface area contributed by atoms with E-state index in [1.807, 2.05) is 53.7 Å². The summed E-state index contributed by atoms with van der Waals surface area (Å²) in [5.74, 6) is -0.328. The number of sulfonamides is 2. The molecule has 1 aliphatic heterocycles. The first-order valence-corrected chi connectivity index (χ1v) is 20.4.